The molecular weight excluding hydrogens is 334 g/mol. The summed E-state index contributed by atoms with van der Waals surface area (Å²) < 4.78 is 11.2. The van der Waals surface area contributed by atoms with Gasteiger partial charge in [-0.3, -0.25) is 4.98 Å². The second kappa shape index (κ2) is 8.81. The molecule has 1 saturated heterocycles. The van der Waals surface area contributed by atoms with Gasteiger partial charge in [-0.05, 0) is 48.4 Å². The van der Waals surface area contributed by atoms with Gasteiger partial charge in [0.05, 0.1) is 5.69 Å². The Morgan fingerprint density at radius 3 is 2.78 bits per heavy atom. The van der Waals surface area contributed by atoms with Gasteiger partial charge < -0.3 is 9.47 Å². The third-order valence-electron chi connectivity index (χ3n) is 4.79. The molecule has 0 bridgehead atoms. The summed E-state index contributed by atoms with van der Waals surface area (Å²) in [6, 6.07) is 18.8. The van der Waals surface area contributed by atoms with E-state index in [1.165, 1.54) is 22.8 Å². The highest BCUT2D eigenvalue weighted by Crippen LogP contribution is 2.19. The predicted molar refractivity (Wildman–Crippen MR) is 107 cm³/mol. The van der Waals surface area contributed by atoms with E-state index >= 15 is 0 Å². The number of hydrogen-bond donors (Lipinski definition) is 0. The summed E-state index contributed by atoms with van der Waals surface area (Å²) in [6.45, 7) is 1.21. The van der Waals surface area contributed by atoms with Crippen LogP contribution in [-0.4, -0.2) is 24.5 Å². The van der Waals surface area contributed by atoms with Gasteiger partial charge in [0.15, 0.2) is 6.29 Å². The van der Waals surface area contributed by atoms with Gasteiger partial charge in [0.2, 0.25) is 0 Å². The Hall–Kier alpha value is -2.67. The van der Waals surface area contributed by atoms with E-state index in [0.717, 1.165) is 37.1 Å². The monoisotopic (exact) mass is 357 g/mol. The molecule has 2 heterocycles. The first-order valence-corrected chi connectivity index (χ1v) is 9.52. The van der Waals surface area contributed by atoms with Crippen molar-refractivity contribution in [2.75, 3.05) is 13.2 Å². The minimum atomic E-state index is -0.0800. The highest BCUT2D eigenvalue weighted by Gasteiger charge is 2.12. The summed E-state index contributed by atoms with van der Waals surface area (Å²) in [5.74, 6) is 6.24. The Bertz CT molecular complexity index is 942. The highest BCUT2D eigenvalue weighted by atomic mass is 16.7. The van der Waals surface area contributed by atoms with Crippen LogP contribution < -0.4 is 0 Å². The summed E-state index contributed by atoms with van der Waals surface area (Å²) in [5, 5.41) is 2.44. The van der Waals surface area contributed by atoms with E-state index in [1.54, 1.807) is 0 Å². The highest BCUT2D eigenvalue weighted by molar-refractivity contribution is 5.84. The van der Waals surface area contributed by atoms with E-state index < -0.39 is 0 Å². The molecule has 1 aromatic heterocycles. The summed E-state index contributed by atoms with van der Waals surface area (Å²) in [7, 11) is 0. The molecule has 0 amide bonds. The molecule has 27 heavy (non-hydrogen) atoms. The molecule has 2 aromatic carbocycles. The van der Waals surface area contributed by atoms with Gasteiger partial charge in [-0.1, -0.05) is 48.2 Å². The number of pyridine rings is 1. The molecule has 0 aliphatic carbocycles. The average molecular weight is 357 g/mol. The van der Waals surface area contributed by atoms with Gasteiger partial charge in [0.25, 0.3) is 0 Å². The lowest BCUT2D eigenvalue weighted by Gasteiger charge is -2.21. The van der Waals surface area contributed by atoms with Gasteiger partial charge in [-0.2, -0.15) is 0 Å². The summed E-state index contributed by atoms with van der Waals surface area (Å²) in [5.41, 5.74) is 3.34. The number of benzene rings is 2. The van der Waals surface area contributed by atoms with Gasteiger partial charge in [0.1, 0.15) is 6.61 Å². The molecule has 1 fully saturated rings. The van der Waals surface area contributed by atoms with E-state index in [-0.39, 0.29) is 6.29 Å². The van der Waals surface area contributed by atoms with Crippen LogP contribution in [0.4, 0.5) is 0 Å². The van der Waals surface area contributed by atoms with Crippen molar-refractivity contribution in [1.29, 1.82) is 0 Å². The maximum atomic E-state index is 5.64. The fraction of sp³-hybridized carbons (Fsp3) is 0.292. The minimum Gasteiger partial charge on any atom is -0.353 e. The number of rotatable bonds is 4. The smallest absolute Gasteiger partial charge is 0.158 e. The molecule has 0 radical (unpaired) electrons. The van der Waals surface area contributed by atoms with Crippen LogP contribution in [0.15, 0.2) is 60.8 Å². The van der Waals surface area contributed by atoms with E-state index in [1.807, 2.05) is 6.20 Å². The van der Waals surface area contributed by atoms with Gasteiger partial charge >= 0.3 is 0 Å². The van der Waals surface area contributed by atoms with E-state index in [4.69, 9.17) is 9.47 Å². The maximum absolute atomic E-state index is 5.64. The van der Waals surface area contributed by atoms with Crippen LogP contribution in [0.5, 0.6) is 0 Å². The topological polar surface area (TPSA) is 31.4 Å². The van der Waals surface area contributed by atoms with Crippen molar-refractivity contribution >= 4 is 10.8 Å². The zero-order chi connectivity index (χ0) is 18.3. The third kappa shape index (κ3) is 4.74. The third-order valence-corrected chi connectivity index (χ3v) is 4.79. The molecular formula is C24H23NO2. The molecule has 3 aromatic rings. The van der Waals surface area contributed by atoms with E-state index in [9.17, 15) is 0 Å². The summed E-state index contributed by atoms with van der Waals surface area (Å²) in [4.78, 5) is 4.57. The molecule has 0 N–H and O–H groups in total. The quantitative estimate of drug-likeness (QED) is 0.633. The van der Waals surface area contributed by atoms with Crippen LogP contribution in [-0.2, 0) is 15.9 Å². The van der Waals surface area contributed by atoms with Gasteiger partial charge in [-0.15, -0.1) is 0 Å². The maximum Gasteiger partial charge on any atom is 0.158 e. The standard InChI is InChI=1S/C24H23NO2/c1-2-8-22-21(7-1)14-15-25-23(22)18-20-12-10-19(11-13-20)6-5-17-27-24-9-3-4-16-26-24/h1-2,7-8,10-15,24H,3-4,9,16-18H2. The van der Waals surface area contributed by atoms with Crippen LogP contribution in [0, 0.1) is 11.8 Å². The zero-order valence-corrected chi connectivity index (χ0v) is 15.4. The van der Waals surface area contributed by atoms with Crippen molar-refractivity contribution in [3.05, 3.63) is 77.6 Å². The molecule has 4 rings (SSSR count). The van der Waals surface area contributed by atoms with Crippen molar-refractivity contribution in [2.24, 2.45) is 0 Å². The fourth-order valence-corrected chi connectivity index (χ4v) is 3.34. The zero-order valence-electron chi connectivity index (χ0n) is 15.4. The normalized spacial score (nSPS) is 16.7. The fourth-order valence-electron chi connectivity index (χ4n) is 3.34. The van der Waals surface area contributed by atoms with Gasteiger partial charge in [-0.25, -0.2) is 0 Å². The van der Waals surface area contributed by atoms with Crippen molar-refractivity contribution in [3.8, 4) is 11.8 Å². The predicted octanol–water partition coefficient (Wildman–Crippen LogP) is 4.72. The molecule has 136 valence electrons. The first kappa shape index (κ1) is 17.7. The van der Waals surface area contributed by atoms with Crippen LogP contribution in [0.25, 0.3) is 10.8 Å². The Kier molecular flexibility index (Phi) is 5.79. The molecule has 1 aliphatic rings. The number of aromatic nitrogens is 1. The summed E-state index contributed by atoms with van der Waals surface area (Å²) in [6.07, 6.45) is 5.89. The number of fused-ring (bicyclic) bond motifs is 1. The lowest BCUT2D eigenvalue weighted by atomic mass is 10.0. The molecule has 1 aliphatic heterocycles. The Morgan fingerprint density at radius 2 is 1.93 bits per heavy atom. The Labute approximate surface area is 160 Å². The molecule has 0 spiro atoms. The van der Waals surface area contributed by atoms with Crippen LogP contribution in [0.3, 0.4) is 0 Å². The number of ether oxygens (including phenoxy) is 2. The number of hydrogen-bond acceptors (Lipinski definition) is 3. The second-order valence-corrected chi connectivity index (χ2v) is 6.76. The van der Waals surface area contributed by atoms with Crippen LogP contribution in [0.1, 0.15) is 36.1 Å². The summed E-state index contributed by atoms with van der Waals surface area (Å²) >= 11 is 0. The van der Waals surface area contributed by atoms with E-state index in [2.05, 4.69) is 71.4 Å². The first-order valence-electron chi connectivity index (χ1n) is 9.52. The number of nitrogens with zero attached hydrogens (tertiary/aromatic N) is 1. The van der Waals surface area contributed by atoms with Crippen LogP contribution in [0.2, 0.25) is 0 Å². The molecule has 1 unspecified atom stereocenters. The average Bonchev–Trinajstić information content (AvgIpc) is 2.73. The van der Waals surface area contributed by atoms with E-state index in [0.29, 0.717) is 6.61 Å². The Balaban J connectivity index is 1.37. The van der Waals surface area contributed by atoms with Crippen molar-refractivity contribution in [2.45, 2.75) is 32.0 Å². The molecule has 1 atom stereocenters. The second-order valence-electron chi connectivity index (χ2n) is 6.76. The Morgan fingerprint density at radius 1 is 1.04 bits per heavy atom. The van der Waals surface area contributed by atoms with Crippen molar-refractivity contribution in [3.63, 3.8) is 0 Å². The molecule has 0 saturated carbocycles. The van der Waals surface area contributed by atoms with Crippen LogP contribution >= 0.6 is 0 Å². The molecule has 3 nitrogen and oxygen atoms in total. The lowest BCUT2D eigenvalue weighted by molar-refractivity contribution is -0.154. The van der Waals surface area contributed by atoms with Gasteiger partial charge in [0, 0.05) is 30.2 Å². The first-order chi connectivity index (χ1) is 13.4. The lowest BCUT2D eigenvalue weighted by Crippen LogP contribution is -2.22. The van der Waals surface area contributed by atoms with Crippen molar-refractivity contribution in [1.82, 2.24) is 4.98 Å². The SMILES string of the molecule is C(#Cc1ccc(Cc2nccc3ccccc23)cc1)COC1CCCCO1. The minimum absolute atomic E-state index is 0.0800. The van der Waals surface area contributed by atoms with Crippen molar-refractivity contribution < 1.29 is 9.47 Å². The largest absolute Gasteiger partial charge is 0.353 e. The molecule has 3 heteroatoms.